The standard InChI is InChI=1S/C21H24N4O3/c1-13-20(28-18-6-4-3-5-17(18)27-13)21(26)24(2)15-11-25(12-15)19-10-9-16(22-23-19)14-7-8-14/h3-6,9-10,13-15,20H,7-8,11-12H2,1-2H3. The maximum atomic E-state index is 13.0. The zero-order chi connectivity index (χ0) is 19.3. The SMILES string of the molecule is CC1Oc2ccccc2OC1C(=O)N(C)C1CN(c2ccc(C3CC3)nn2)C1. The van der Waals surface area contributed by atoms with E-state index in [1.165, 1.54) is 12.8 Å². The van der Waals surface area contributed by atoms with Crippen molar-refractivity contribution in [3.63, 3.8) is 0 Å². The molecule has 0 spiro atoms. The molecule has 3 aliphatic rings. The quantitative estimate of drug-likeness (QED) is 0.810. The fraction of sp³-hybridized carbons (Fsp3) is 0.476. The molecule has 1 aromatic carbocycles. The van der Waals surface area contributed by atoms with Crippen LogP contribution in [0.3, 0.4) is 0 Å². The molecule has 1 amide bonds. The van der Waals surface area contributed by atoms with Crippen molar-refractivity contribution in [3.05, 3.63) is 42.1 Å². The van der Waals surface area contributed by atoms with Crippen molar-refractivity contribution in [2.24, 2.45) is 0 Å². The first-order chi connectivity index (χ1) is 13.6. The number of likely N-dealkylation sites (N-methyl/N-ethyl adjacent to an activating group) is 1. The van der Waals surface area contributed by atoms with E-state index < -0.39 is 6.10 Å². The van der Waals surface area contributed by atoms with Crippen LogP contribution in [-0.4, -0.2) is 59.4 Å². The zero-order valence-electron chi connectivity index (χ0n) is 16.1. The predicted molar refractivity (Wildman–Crippen MR) is 104 cm³/mol. The largest absolute Gasteiger partial charge is 0.482 e. The number of nitrogens with zero attached hydrogens (tertiary/aromatic N) is 4. The fourth-order valence-corrected chi connectivity index (χ4v) is 3.76. The molecule has 1 saturated carbocycles. The molecule has 3 heterocycles. The van der Waals surface area contributed by atoms with Gasteiger partial charge in [-0.05, 0) is 44.0 Å². The van der Waals surface area contributed by atoms with Gasteiger partial charge in [-0.15, -0.1) is 5.10 Å². The van der Waals surface area contributed by atoms with E-state index in [9.17, 15) is 4.79 Å². The Morgan fingerprint density at radius 1 is 1.07 bits per heavy atom. The number of amides is 1. The van der Waals surface area contributed by atoms with Crippen molar-refractivity contribution in [1.82, 2.24) is 15.1 Å². The van der Waals surface area contributed by atoms with Gasteiger partial charge in [0.25, 0.3) is 5.91 Å². The normalized spacial score (nSPS) is 23.9. The molecule has 2 aromatic rings. The van der Waals surface area contributed by atoms with E-state index in [4.69, 9.17) is 9.47 Å². The first-order valence-electron chi connectivity index (χ1n) is 9.88. The average Bonchev–Trinajstić information content (AvgIpc) is 3.51. The van der Waals surface area contributed by atoms with Gasteiger partial charge in [-0.25, -0.2) is 0 Å². The van der Waals surface area contributed by atoms with Crippen molar-refractivity contribution >= 4 is 11.7 Å². The Kier molecular flexibility index (Phi) is 4.10. The van der Waals surface area contributed by atoms with Crippen LogP contribution in [0.1, 0.15) is 31.4 Å². The topological polar surface area (TPSA) is 67.8 Å². The first kappa shape index (κ1) is 17.3. The third-order valence-corrected chi connectivity index (χ3v) is 5.83. The van der Waals surface area contributed by atoms with Gasteiger partial charge in [-0.3, -0.25) is 4.79 Å². The number of rotatable bonds is 4. The van der Waals surface area contributed by atoms with Crippen molar-refractivity contribution in [2.75, 3.05) is 25.0 Å². The van der Waals surface area contributed by atoms with Gasteiger partial charge in [-0.2, -0.15) is 5.10 Å². The molecule has 2 unspecified atom stereocenters. The summed E-state index contributed by atoms with van der Waals surface area (Å²) in [6, 6.07) is 11.7. The van der Waals surface area contributed by atoms with Gasteiger partial charge in [0.15, 0.2) is 17.3 Å². The third kappa shape index (κ3) is 3.04. The van der Waals surface area contributed by atoms with Gasteiger partial charge < -0.3 is 19.3 Å². The molecule has 0 N–H and O–H groups in total. The van der Waals surface area contributed by atoms with E-state index in [0.717, 1.165) is 24.6 Å². The number of aromatic nitrogens is 2. The molecule has 0 radical (unpaired) electrons. The Morgan fingerprint density at radius 2 is 1.79 bits per heavy atom. The van der Waals surface area contributed by atoms with Crippen molar-refractivity contribution in [1.29, 1.82) is 0 Å². The number of fused-ring (bicyclic) bond motifs is 1. The van der Waals surface area contributed by atoms with E-state index in [1.54, 1.807) is 4.90 Å². The van der Waals surface area contributed by atoms with Crippen molar-refractivity contribution in [3.8, 4) is 11.5 Å². The number of para-hydroxylation sites is 2. The second kappa shape index (κ2) is 6.65. The molecule has 2 atom stereocenters. The van der Waals surface area contributed by atoms with Crippen LogP contribution in [0.4, 0.5) is 5.82 Å². The highest BCUT2D eigenvalue weighted by Crippen LogP contribution is 2.39. The number of carbonyl (C=O) groups is 1. The van der Waals surface area contributed by atoms with Crippen LogP contribution in [0.5, 0.6) is 11.5 Å². The molecule has 1 aromatic heterocycles. The smallest absolute Gasteiger partial charge is 0.267 e. The fourth-order valence-electron chi connectivity index (χ4n) is 3.76. The van der Waals surface area contributed by atoms with Crippen LogP contribution < -0.4 is 14.4 Å². The second-order valence-electron chi connectivity index (χ2n) is 7.91. The maximum absolute atomic E-state index is 13.0. The summed E-state index contributed by atoms with van der Waals surface area (Å²) in [7, 11) is 1.84. The molecule has 1 aliphatic carbocycles. The Hall–Kier alpha value is -2.83. The van der Waals surface area contributed by atoms with Gasteiger partial charge in [0.1, 0.15) is 6.10 Å². The lowest BCUT2D eigenvalue weighted by atomic mass is 10.1. The predicted octanol–water partition coefficient (Wildman–Crippen LogP) is 2.23. The zero-order valence-corrected chi connectivity index (χ0v) is 16.1. The minimum absolute atomic E-state index is 0.0539. The summed E-state index contributed by atoms with van der Waals surface area (Å²) in [6.07, 6.45) is 1.49. The Morgan fingerprint density at radius 3 is 2.43 bits per heavy atom. The molecule has 1 saturated heterocycles. The Bertz CT molecular complexity index is 877. The second-order valence-corrected chi connectivity index (χ2v) is 7.91. The number of benzene rings is 1. The van der Waals surface area contributed by atoms with Gasteiger partial charge in [0, 0.05) is 26.1 Å². The third-order valence-electron chi connectivity index (χ3n) is 5.83. The summed E-state index contributed by atoms with van der Waals surface area (Å²) in [4.78, 5) is 16.9. The molecule has 146 valence electrons. The van der Waals surface area contributed by atoms with Crippen LogP contribution in [0.25, 0.3) is 0 Å². The number of carbonyl (C=O) groups excluding carboxylic acids is 1. The summed E-state index contributed by atoms with van der Waals surface area (Å²) in [6.45, 7) is 3.37. The first-order valence-corrected chi connectivity index (χ1v) is 9.88. The number of hydrogen-bond acceptors (Lipinski definition) is 6. The summed E-state index contributed by atoms with van der Waals surface area (Å²) in [5.74, 6) is 2.74. The number of hydrogen-bond donors (Lipinski definition) is 0. The highest BCUT2D eigenvalue weighted by molar-refractivity contribution is 5.83. The van der Waals surface area contributed by atoms with Gasteiger partial charge >= 0.3 is 0 Å². The number of anilines is 1. The van der Waals surface area contributed by atoms with Crippen LogP contribution in [0, 0.1) is 0 Å². The van der Waals surface area contributed by atoms with Crippen LogP contribution in [0.15, 0.2) is 36.4 Å². The highest BCUT2D eigenvalue weighted by Gasteiger charge is 2.41. The van der Waals surface area contributed by atoms with Gasteiger partial charge in [0.2, 0.25) is 6.10 Å². The molecule has 2 fully saturated rings. The lowest BCUT2D eigenvalue weighted by molar-refractivity contribution is -0.145. The highest BCUT2D eigenvalue weighted by atomic mass is 16.6. The van der Waals surface area contributed by atoms with Crippen molar-refractivity contribution < 1.29 is 14.3 Å². The van der Waals surface area contributed by atoms with Crippen LogP contribution in [-0.2, 0) is 4.79 Å². The summed E-state index contributed by atoms with van der Waals surface area (Å²) < 4.78 is 11.8. The van der Waals surface area contributed by atoms with Crippen LogP contribution >= 0.6 is 0 Å². The van der Waals surface area contributed by atoms with E-state index in [0.29, 0.717) is 17.4 Å². The summed E-state index contributed by atoms with van der Waals surface area (Å²) >= 11 is 0. The average molecular weight is 380 g/mol. The maximum Gasteiger partial charge on any atom is 0.267 e. The van der Waals surface area contributed by atoms with Crippen molar-refractivity contribution in [2.45, 2.75) is 43.9 Å². The molecule has 7 heteroatoms. The monoisotopic (exact) mass is 380 g/mol. The summed E-state index contributed by atoms with van der Waals surface area (Å²) in [5.41, 5.74) is 1.09. The van der Waals surface area contributed by atoms with Gasteiger partial charge in [0.05, 0.1) is 11.7 Å². The molecular formula is C21H24N4O3. The minimum atomic E-state index is -0.633. The molecule has 0 bridgehead atoms. The molecule has 28 heavy (non-hydrogen) atoms. The lowest BCUT2D eigenvalue weighted by Gasteiger charge is -2.45. The Labute approximate surface area is 164 Å². The minimum Gasteiger partial charge on any atom is -0.482 e. The molecule has 7 nitrogen and oxygen atoms in total. The summed E-state index contributed by atoms with van der Waals surface area (Å²) in [5, 5.41) is 8.70. The van der Waals surface area contributed by atoms with E-state index in [2.05, 4.69) is 21.2 Å². The molecule has 5 rings (SSSR count). The van der Waals surface area contributed by atoms with Crippen LogP contribution in [0.2, 0.25) is 0 Å². The van der Waals surface area contributed by atoms with E-state index in [1.807, 2.05) is 44.3 Å². The lowest BCUT2D eigenvalue weighted by Crippen LogP contribution is -2.63. The number of ether oxygens (including phenoxy) is 2. The Balaban J connectivity index is 1.20. The van der Waals surface area contributed by atoms with Gasteiger partial charge in [-0.1, -0.05) is 12.1 Å². The van der Waals surface area contributed by atoms with E-state index >= 15 is 0 Å². The molecular weight excluding hydrogens is 356 g/mol. The van der Waals surface area contributed by atoms with E-state index in [-0.39, 0.29) is 18.1 Å². The molecule has 2 aliphatic heterocycles.